The monoisotopic (exact) mass is 273 g/mol. The molecule has 0 aliphatic rings. The molecule has 1 amide bonds. The van der Waals surface area contributed by atoms with E-state index in [1.165, 1.54) is 11.0 Å². The predicted octanol–water partition coefficient (Wildman–Crippen LogP) is 1.64. The number of hydrogen-bond acceptors (Lipinski definition) is 3. The average Bonchev–Trinajstić information content (AvgIpc) is 2.87. The molecule has 1 rings (SSSR count). The molecule has 0 fully saturated rings. The van der Waals surface area contributed by atoms with Gasteiger partial charge in [0.05, 0.1) is 13.1 Å². The SMILES string of the molecule is C#CCN(CC#CC)C(=O)c1cc(C(=O)O)c(CC)o1. The number of carboxylic acids is 1. The normalized spacial score (nSPS) is 9.25. The molecule has 1 aromatic heterocycles. The predicted molar refractivity (Wildman–Crippen MR) is 73.2 cm³/mol. The van der Waals surface area contributed by atoms with E-state index >= 15 is 0 Å². The van der Waals surface area contributed by atoms with Crippen LogP contribution < -0.4 is 0 Å². The summed E-state index contributed by atoms with van der Waals surface area (Å²) in [4.78, 5) is 24.6. The van der Waals surface area contributed by atoms with Crippen molar-refractivity contribution < 1.29 is 19.1 Å². The number of carboxylic acid groups (broad SMARTS) is 1. The molecular formula is C15H15NO4. The van der Waals surface area contributed by atoms with E-state index in [1.54, 1.807) is 13.8 Å². The fourth-order valence-electron chi connectivity index (χ4n) is 1.62. The molecule has 0 saturated carbocycles. The number of furan rings is 1. The van der Waals surface area contributed by atoms with Crippen molar-refractivity contribution in [1.82, 2.24) is 4.90 Å². The second kappa shape index (κ2) is 7.06. The van der Waals surface area contributed by atoms with Crippen LogP contribution in [0.4, 0.5) is 0 Å². The molecule has 1 heterocycles. The average molecular weight is 273 g/mol. The maximum absolute atomic E-state index is 12.2. The fraction of sp³-hybridized carbons (Fsp3) is 0.333. The molecule has 1 N–H and O–H groups in total. The lowest BCUT2D eigenvalue weighted by Crippen LogP contribution is -2.31. The maximum Gasteiger partial charge on any atom is 0.339 e. The molecule has 0 aromatic carbocycles. The topological polar surface area (TPSA) is 70.8 Å². The minimum Gasteiger partial charge on any atom is -0.478 e. The lowest BCUT2D eigenvalue weighted by molar-refractivity contribution is 0.0693. The zero-order valence-corrected chi connectivity index (χ0v) is 11.4. The van der Waals surface area contributed by atoms with Crippen molar-refractivity contribution in [2.24, 2.45) is 0 Å². The second-order valence-corrected chi connectivity index (χ2v) is 3.90. The van der Waals surface area contributed by atoms with E-state index in [0.29, 0.717) is 6.42 Å². The number of aromatic carboxylic acids is 1. The Kier molecular flexibility index (Phi) is 5.43. The van der Waals surface area contributed by atoms with Crippen LogP contribution in [0.1, 0.15) is 40.5 Å². The summed E-state index contributed by atoms with van der Waals surface area (Å²) in [6.07, 6.45) is 5.60. The van der Waals surface area contributed by atoms with E-state index in [9.17, 15) is 9.59 Å². The minimum absolute atomic E-state index is 0.00177. The molecule has 20 heavy (non-hydrogen) atoms. The molecule has 5 nitrogen and oxygen atoms in total. The van der Waals surface area contributed by atoms with Gasteiger partial charge in [-0.15, -0.1) is 12.3 Å². The Morgan fingerprint density at radius 1 is 1.45 bits per heavy atom. The highest BCUT2D eigenvalue weighted by Gasteiger charge is 2.23. The van der Waals surface area contributed by atoms with Gasteiger partial charge >= 0.3 is 5.97 Å². The van der Waals surface area contributed by atoms with Crippen LogP contribution in [0.15, 0.2) is 10.5 Å². The van der Waals surface area contributed by atoms with Gasteiger partial charge in [0.15, 0.2) is 5.76 Å². The Morgan fingerprint density at radius 3 is 2.60 bits per heavy atom. The summed E-state index contributed by atoms with van der Waals surface area (Å²) in [6.45, 7) is 3.66. The van der Waals surface area contributed by atoms with Gasteiger partial charge in [-0.1, -0.05) is 18.8 Å². The Labute approximate surface area is 117 Å². The van der Waals surface area contributed by atoms with E-state index < -0.39 is 11.9 Å². The first-order valence-electron chi connectivity index (χ1n) is 6.03. The molecule has 0 saturated heterocycles. The van der Waals surface area contributed by atoms with E-state index in [1.807, 2.05) is 0 Å². The highest BCUT2D eigenvalue weighted by molar-refractivity contribution is 5.96. The van der Waals surface area contributed by atoms with Crippen LogP contribution in [0.25, 0.3) is 0 Å². The van der Waals surface area contributed by atoms with Crippen molar-refractivity contribution in [3.63, 3.8) is 0 Å². The van der Waals surface area contributed by atoms with Crippen LogP contribution >= 0.6 is 0 Å². The zero-order valence-electron chi connectivity index (χ0n) is 11.4. The molecule has 104 valence electrons. The van der Waals surface area contributed by atoms with Crippen LogP contribution in [0.3, 0.4) is 0 Å². The zero-order chi connectivity index (χ0) is 15.1. The molecule has 0 bridgehead atoms. The number of amides is 1. The van der Waals surface area contributed by atoms with Gasteiger partial charge < -0.3 is 14.4 Å². The number of aryl methyl sites for hydroxylation is 1. The van der Waals surface area contributed by atoms with E-state index in [2.05, 4.69) is 17.8 Å². The number of carbonyl (C=O) groups is 2. The first-order valence-corrected chi connectivity index (χ1v) is 6.03. The van der Waals surface area contributed by atoms with Crippen molar-refractivity contribution >= 4 is 11.9 Å². The molecule has 1 aromatic rings. The Hall–Kier alpha value is -2.66. The third-order valence-corrected chi connectivity index (χ3v) is 2.59. The quantitative estimate of drug-likeness (QED) is 0.828. The summed E-state index contributed by atoms with van der Waals surface area (Å²) >= 11 is 0. The minimum atomic E-state index is -1.12. The highest BCUT2D eigenvalue weighted by Crippen LogP contribution is 2.18. The summed E-state index contributed by atoms with van der Waals surface area (Å²) in [6, 6.07) is 1.23. The van der Waals surface area contributed by atoms with Gasteiger partial charge in [0.1, 0.15) is 11.3 Å². The molecule has 0 unspecified atom stereocenters. The summed E-state index contributed by atoms with van der Waals surface area (Å²) < 4.78 is 5.31. The van der Waals surface area contributed by atoms with Crippen LogP contribution in [0.5, 0.6) is 0 Å². The van der Waals surface area contributed by atoms with Gasteiger partial charge in [0, 0.05) is 12.5 Å². The van der Waals surface area contributed by atoms with E-state index in [4.69, 9.17) is 15.9 Å². The van der Waals surface area contributed by atoms with Crippen LogP contribution in [0, 0.1) is 24.2 Å². The van der Waals surface area contributed by atoms with Crippen molar-refractivity contribution in [2.75, 3.05) is 13.1 Å². The third kappa shape index (κ3) is 3.43. The second-order valence-electron chi connectivity index (χ2n) is 3.90. The summed E-state index contributed by atoms with van der Waals surface area (Å²) in [7, 11) is 0. The van der Waals surface area contributed by atoms with Crippen molar-refractivity contribution in [2.45, 2.75) is 20.3 Å². The van der Waals surface area contributed by atoms with E-state index in [0.717, 1.165) is 0 Å². The Morgan fingerprint density at radius 2 is 2.15 bits per heavy atom. The Bertz CT molecular complexity index is 610. The van der Waals surface area contributed by atoms with Crippen molar-refractivity contribution in [3.8, 4) is 24.2 Å². The van der Waals surface area contributed by atoms with Gasteiger partial charge in [-0.3, -0.25) is 4.79 Å². The largest absolute Gasteiger partial charge is 0.478 e. The standard InChI is InChI=1S/C15H15NO4/c1-4-7-9-16(8-5-2)14(17)13-10-11(15(18)19)12(6-3)20-13/h2,10H,6,8-9H2,1,3H3,(H,18,19). The number of hydrogen-bond donors (Lipinski definition) is 1. The third-order valence-electron chi connectivity index (χ3n) is 2.59. The number of carbonyl (C=O) groups excluding carboxylic acids is 1. The van der Waals surface area contributed by atoms with Gasteiger partial charge in [-0.05, 0) is 6.92 Å². The number of terminal acetylenes is 1. The van der Waals surface area contributed by atoms with Crippen molar-refractivity contribution in [3.05, 3.63) is 23.2 Å². The van der Waals surface area contributed by atoms with E-state index in [-0.39, 0.29) is 30.2 Å². The molecule has 0 atom stereocenters. The molecule has 5 heteroatoms. The molecule has 0 spiro atoms. The summed E-state index contributed by atoms with van der Waals surface area (Å²) in [5, 5.41) is 9.04. The summed E-state index contributed by atoms with van der Waals surface area (Å²) in [5.41, 5.74) is -0.00177. The fourth-order valence-corrected chi connectivity index (χ4v) is 1.62. The number of nitrogens with zero attached hydrogens (tertiary/aromatic N) is 1. The maximum atomic E-state index is 12.2. The smallest absolute Gasteiger partial charge is 0.339 e. The Balaban J connectivity index is 3.08. The van der Waals surface area contributed by atoms with Gasteiger partial charge in [0.25, 0.3) is 5.91 Å². The number of rotatable bonds is 5. The van der Waals surface area contributed by atoms with Gasteiger partial charge in [0.2, 0.25) is 0 Å². The lowest BCUT2D eigenvalue weighted by atomic mass is 10.2. The van der Waals surface area contributed by atoms with Gasteiger partial charge in [-0.25, -0.2) is 4.79 Å². The molecule has 0 aliphatic carbocycles. The lowest BCUT2D eigenvalue weighted by Gasteiger charge is -2.15. The summed E-state index contributed by atoms with van der Waals surface area (Å²) in [5.74, 6) is 6.42. The van der Waals surface area contributed by atoms with Crippen LogP contribution in [0.2, 0.25) is 0 Å². The van der Waals surface area contributed by atoms with Crippen molar-refractivity contribution in [1.29, 1.82) is 0 Å². The molecule has 0 radical (unpaired) electrons. The van der Waals surface area contributed by atoms with Crippen LogP contribution in [-0.2, 0) is 6.42 Å². The molecular weight excluding hydrogens is 258 g/mol. The van der Waals surface area contributed by atoms with Crippen LogP contribution in [-0.4, -0.2) is 35.0 Å². The first kappa shape index (κ1) is 15.4. The van der Waals surface area contributed by atoms with Gasteiger partial charge in [-0.2, -0.15) is 0 Å². The molecule has 0 aliphatic heterocycles. The first-order chi connectivity index (χ1) is 9.54. The highest BCUT2D eigenvalue weighted by atomic mass is 16.4.